The van der Waals surface area contributed by atoms with Crippen molar-refractivity contribution in [3.8, 4) is 0 Å². The van der Waals surface area contributed by atoms with Gasteiger partial charge in [-0.15, -0.1) is 0 Å². The van der Waals surface area contributed by atoms with Crippen LogP contribution < -0.4 is 0 Å². The summed E-state index contributed by atoms with van der Waals surface area (Å²) in [5.41, 5.74) is 0. The molecule has 0 aliphatic heterocycles. The van der Waals surface area contributed by atoms with Gasteiger partial charge in [-0.2, -0.15) is 25.3 Å². The summed E-state index contributed by atoms with van der Waals surface area (Å²) in [5.74, 6) is 0. The van der Waals surface area contributed by atoms with Crippen molar-refractivity contribution in [1.29, 1.82) is 0 Å². The molecule has 0 atom stereocenters. The molecule has 12 nitrogen and oxygen atoms in total. The Morgan fingerprint density at radius 3 is 0.412 bits per heavy atom. The van der Waals surface area contributed by atoms with Crippen LogP contribution in [0.5, 0.6) is 0 Å². The Labute approximate surface area is 135 Å². The molecule has 6 N–H and O–H groups in total. The molecular weight excluding hydrogens is 706 g/mol. The summed E-state index contributed by atoms with van der Waals surface area (Å²) in [6, 6.07) is 0. The van der Waals surface area contributed by atoms with E-state index in [4.69, 9.17) is 52.6 Å². The van der Waals surface area contributed by atoms with Crippen LogP contribution in [0.2, 0.25) is 0 Å². The predicted octanol–water partition coefficient (Wildman–Crippen LogP) is -2.72. The fourth-order valence-electron chi connectivity index (χ4n) is 0. The van der Waals surface area contributed by atoms with E-state index in [2.05, 4.69) is 0 Å². The minimum Gasteiger partial charge on any atom is -0.264 e. The second-order valence-electron chi connectivity index (χ2n) is 1.34. The Hall–Kier alpha value is 1.38. The average molecular weight is 712 g/mol. The fraction of sp³-hybridized carbons (Fsp3) is 0. The minimum atomic E-state index is -4.67. The number of rotatable bonds is 0. The standard InChI is InChI=1S/2Bi.3H2O4S/c;;3*1-5(2,3)4/h;;3*(H2,1,2,3,4). The Balaban J connectivity index is -0.0000000400. The topological polar surface area (TPSA) is 224 Å². The minimum absolute atomic E-state index is 0. The van der Waals surface area contributed by atoms with E-state index in [-0.39, 0.29) is 52.4 Å². The van der Waals surface area contributed by atoms with E-state index in [1.165, 1.54) is 0 Å². The Kier molecular flexibility index (Phi) is 22.6. The zero-order valence-electron chi connectivity index (χ0n) is 7.25. The summed E-state index contributed by atoms with van der Waals surface area (Å²) in [6.45, 7) is 0. The summed E-state index contributed by atoms with van der Waals surface area (Å²) >= 11 is 0. The molecule has 0 heterocycles. The van der Waals surface area contributed by atoms with Gasteiger partial charge in [0.15, 0.2) is 0 Å². The SMILES string of the molecule is O=S(=O)(O)O.O=S(=O)(O)O.O=S(=O)(O)O.[Bi].[Bi]. The maximum Gasteiger partial charge on any atom is 0.394 e. The zero-order chi connectivity index (χ0) is 13.5. The molecule has 0 bridgehead atoms. The molecule has 0 aromatic heterocycles. The van der Waals surface area contributed by atoms with Gasteiger partial charge in [0.1, 0.15) is 0 Å². The summed E-state index contributed by atoms with van der Waals surface area (Å²) in [5, 5.41) is 0. The molecule has 0 rings (SSSR count). The molecule has 17 heteroatoms. The summed E-state index contributed by atoms with van der Waals surface area (Å²) in [6.07, 6.45) is 0. The molecular formula is H6Bi2O12S3. The molecule has 0 saturated carbocycles. The Bertz CT molecular complexity index is 341. The molecule has 0 aromatic carbocycles. The summed E-state index contributed by atoms with van der Waals surface area (Å²) < 4.78 is 94.8. The third-order valence-corrected chi connectivity index (χ3v) is 0. The van der Waals surface area contributed by atoms with Crippen LogP contribution in [0.1, 0.15) is 0 Å². The fourth-order valence-corrected chi connectivity index (χ4v) is 0. The van der Waals surface area contributed by atoms with Gasteiger partial charge >= 0.3 is 31.2 Å². The number of hydrogen-bond acceptors (Lipinski definition) is 6. The molecule has 0 amide bonds. The maximum atomic E-state index is 8.74. The first-order chi connectivity index (χ1) is 6.00. The van der Waals surface area contributed by atoms with Gasteiger partial charge in [-0.25, -0.2) is 0 Å². The van der Waals surface area contributed by atoms with Gasteiger partial charge in [-0.1, -0.05) is 0 Å². The van der Waals surface area contributed by atoms with Gasteiger partial charge in [0, 0.05) is 52.4 Å². The Morgan fingerprint density at radius 2 is 0.412 bits per heavy atom. The van der Waals surface area contributed by atoms with E-state index in [0.717, 1.165) is 0 Å². The van der Waals surface area contributed by atoms with Crippen LogP contribution in [-0.2, 0) is 31.2 Å². The van der Waals surface area contributed by atoms with Crippen molar-refractivity contribution in [2.75, 3.05) is 0 Å². The van der Waals surface area contributed by atoms with Crippen molar-refractivity contribution in [2.45, 2.75) is 0 Å². The molecule has 106 valence electrons. The van der Waals surface area contributed by atoms with E-state index < -0.39 is 31.2 Å². The molecule has 17 heavy (non-hydrogen) atoms. The van der Waals surface area contributed by atoms with Crippen LogP contribution in [0.15, 0.2) is 0 Å². The molecule has 0 saturated heterocycles. The zero-order valence-corrected chi connectivity index (χ0v) is 16.7. The van der Waals surface area contributed by atoms with Gasteiger partial charge in [-0.05, 0) is 0 Å². The van der Waals surface area contributed by atoms with Crippen molar-refractivity contribution >= 4 is 83.6 Å². The number of hydrogen-bond donors (Lipinski definition) is 6. The van der Waals surface area contributed by atoms with Crippen molar-refractivity contribution in [1.82, 2.24) is 0 Å². The first-order valence-electron chi connectivity index (χ1n) is 2.10. The second-order valence-corrected chi connectivity index (χ2v) is 4.03. The third-order valence-electron chi connectivity index (χ3n) is 0. The third kappa shape index (κ3) is 2170. The molecule has 0 aliphatic rings. The smallest absolute Gasteiger partial charge is 0.264 e. The van der Waals surface area contributed by atoms with Gasteiger partial charge in [0.2, 0.25) is 0 Å². The van der Waals surface area contributed by atoms with Crippen molar-refractivity contribution in [3.63, 3.8) is 0 Å². The molecule has 0 unspecified atom stereocenters. The quantitative estimate of drug-likeness (QED) is 0.111. The largest absolute Gasteiger partial charge is 0.394 e. The van der Waals surface area contributed by atoms with Gasteiger partial charge in [0.05, 0.1) is 0 Å². The second kappa shape index (κ2) is 12.4. The molecule has 0 fully saturated rings. The van der Waals surface area contributed by atoms with Crippen molar-refractivity contribution < 1.29 is 52.6 Å². The first kappa shape index (κ1) is 31.0. The van der Waals surface area contributed by atoms with Gasteiger partial charge in [-0.3, -0.25) is 27.3 Å². The summed E-state index contributed by atoms with van der Waals surface area (Å²) in [4.78, 5) is 0. The maximum absolute atomic E-state index is 8.74. The normalized spacial score (nSPS) is 10.2. The van der Waals surface area contributed by atoms with E-state index in [1.807, 2.05) is 0 Å². The monoisotopic (exact) mass is 712 g/mol. The molecule has 0 aromatic rings. The molecule has 0 spiro atoms. The van der Waals surface area contributed by atoms with Crippen molar-refractivity contribution in [3.05, 3.63) is 0 Å². The van der Waals surface area contributed by atoms with Crippen LogP contribution in [-0.4, -0.2) is 105 Å². The van der Waals surface area contributed by atoms with E-state index in [0.29, 0.717) is 0 Å². The molecule has 0 aliphatic carbocycles. The van der Waals surface area contributed by atoms with Crippen LogP contribution in [0, 0.1) is 0 Å². The van der Waals surface area contributed by atoms with Crippen LogP contribution in [0.4, 0.5) is 0 Å². The average Bonchev–Trinajstić information content (AvgIpc) is 1.41. The molecule has 6 radical (unpaired) electrons. The predicted molar refractivity (Wildman–Crippen MR) is 54.0 cm³/mol. The van der Waals surface area contributed by atoms with Crippen LogP contribution >= 0.6 is 0 Å². The Morgan fingerprint density at radius 1 is 0.412 bits per heavy atom. The van der Waals surface area contributed by atoms with E-state index in [1.54, 1.807) is 0 Å². The first-order valence-corrected chi connectivity index (χ1v) is 6.29. The van der Waals surface area contributed by atoms with E-state index >= 15 is 0 Å². The summed E-state index contributed by atoms with van der Waals surface area (Å²) in [7, 11) is -14.0. The van der Waals surface area contributed by atoms with Crippen LogP contribution in [0.3, 0.4) is 0 Å². The van der Waals surface area contributed by atoms with Gasteiger partial charge in [0.25, 0.3) is 0 Å². The van der Waals surface area contributed by atoms with Crippen LogP contribution in [0.25, 0.3) is 0 Å². The van der Waals surface area contributed by atoms with Gasteiger partial charge < -0.3 is 0 Å². The van der Waals surface area contributed by atoms with Crippen molar-refractivity contribution in [2.24, 2.45) is 0 Å². The van der Waals surface area contributed by atoms with E-state index in [9.17, 15) is 0 Å².